The molecule has 2 aliphatic rings. The predicted octanol–water partition coefficient (Wildman–Crippen LogP) is 3.11. The van der Waals surface area contributed by atoms with Gasteiger partial charge in [-0.15, -0.1) is 15.0 Å². The Balaban J connectivity index is 1.46. The number of phenolic OH excluding ortho intramolecular Hbond substituents is 1. The van der Waals surface area contributed by atoms with Crippen molar-refractivity contribution in [1.82, 2.24) is 30.1 Å². The van der Waals surface area contributed by atoms with Gasteiger partial charge in [0.1, 0.15) is 28.0 Å². The van der Waals surface area contributed by atoms with Crippen LogP contribution in [0.25, 0.3) is 16.7 Å². The van der Waals surface area contributed by atoms with Gasteiger partial charge in [-0.25, -0.2) is 4.79 Å². The first-order valence-corrected chi connectivity index (χ1v) is 11.8. The molecule has 3 aromatic rings. The molecule has 0 atom stereocenters. The van der Waals surface area contributed by atoms with Crippen molar-refractivity contribution < 1.29 is 19.5 Å². The second-order valence-electron chi connectivity index (χ2n) is 9.27. The van der Waals surface area contributed by atoms with Crippen LogP contribution in [-0.2, 0) is 16.1 Å². The molecule has 0 spiro atoms. The van der Waals surface area contributed by atoms with Crippen molar-refractivity contribution in [3.05, 3.63) is 82.6 Å². The molecule has 2 heterocycles. The third kappa shape index (κ3) is 4.61. The number of hydrogen-bond acceptors (Lipinski definition) is 7. The number of benzene rings is 2. The molecule has 4 amide bonds. The molecule has 2 aromatic carbocycles. The molecular weight excluding hydrogens is 472 g/mol. The fourth-order valence-electron chi connectivity index (χ4n) is 4.40. The molecule has 1 aliphatic carbocycles. The van der Waals surface area contributed by atoms with Crippen molar-refractivity contribution >= 4 is 28.9 Å². The van der Waals surface area contributed by atoms with E-state index in [0.717, 1.165) is 28.2 Å². The number of urea groups is 1. The van der Waals surface area contributed by atoms with Gasteiger partial charge < -0.3 is 10.0 Å². The summed E-state index contributed by atoms with van der Waals surface area (Å²) in [6.07, 6.45) is 6.78. The minimum absolute atomic E-state index is 0.125. The number of barbiturate groups is 1. The van der Waals surface area contributed by atoms with Crippen LogP contribution in [-0.4, -0.2) is 61.8 Å². The number of hydrogen-bond donors (Lipinski definition) is 2. The quantitative estimate of drug-likeness (QED) is 0.410. The van der Waals surface area contributed by atoms with Gasteiger partial charge in [-0.2, -0.15) is 0 Å². The van der Waals surface area contributed by atoms with E-state index in [9.17, 15) is 19.5 Å². The predicted molar refractivity (Wildman–Crippen MR) is 137 cm³/mol. The van der Waals surface area contributed by atoms with E-state index in [-0.39, 0.29) is 17.9 Å². The Bertz CT molecular complexity index is 1510. The summed E-state index contributed by atoms with van der Waals surface area (Å²) in [7, 11) is 3.92. The van der Waals surface area contributed by atoms with Crippen LogP contribution >= 0.6 is 0 Å². The van der Waals surface area contributed by atoms with Crippen LogP contribution in [0.1, 0.15) is 24.0 Å². The number of allylic oxidation sites excluding steroid dienone is 5. The number of phenols is 1. The van der Waals surface area contributed by atoms with Crippen molar-refractivity contribution in [3.8, 4) is 11.4 Å². The largest absolute Gasteiger partial charge is 0.505 e. The van der Waals surface area contributed by atoms with Crippen LogP contribution in [0, 0.1) is 6.92 Å². The van der Waals surface area contributed by atoms with Crippen molar-refractivity contribution in [3.63, 3.8) is 0 Å². The number of amides is 4. The summed E-state index contributed by atoms with van der Waals surface area (Å²) in [6.45, 7) is 1.59. The summed E-state index contributed by atoms with van der Waals surface area (Å²) in [5.41, 5.74) is 4.57. The number of carbonyl (C=O) groups is 3. The van der Waals surface area contributed by atoms with Crippen LogP contribution in [0.4, 0.5) is 4.79 Å². The highest BCUT2D eigenvalue weighted by Gasteiger charge is 2.36. The molecule has 0 radical (unpaired) electrons. The van der Waals surface area contributed by atoms with E-state index in [2.05, 4.69) is 15.5 Å². The van der Waals surface area contributed by atoms with Gasteiger partial charge in [0.2, 0.25) is 0 Å². The van der Waals surface area contributed by atoms with Crippen LogP contribution in [0.3, 0.4) is 0 Å². The fraction of sp³-hybridized carbons (Fsp3) is 0.222. The third-order valence-electron chi connectivity index (χ3n) is 6.39. The van der Waals surface area contributed by atoms with Gasteiger partial charge >= 0.3 is 6.03 Å². The lowest BCUT2D eigenvalue weighted by molar-refractivity contribution is -0.130. The van der Waals surface area contributed by atoms with Crippen LogP contribution in [0.2, 0.25) is 0 Å². The zero-order valence-electron chi connectivity index (χ0n) is 20.7. The maximum atomic E-state index is 13.3. The number of aryl methyl sites for hydroxylation is 1. The maximum absolute atomic E-state index is 13.3. The van der Waals surface area contributed by atoms with Gasteiger partial charge in [0.15, 0.2) is 0 Å². The van der Waals surface area contributed by atoms with Gasteiger partial charge in [0, 0.05) is 25.4 Å². The first-order chi connectivity index (χ1) is 17.7. The standard InChI is InChI=1S/C27H26N6O4/c1-16-12-18(24(34)23(13-16)33-29-21-6-4-5-7-22(21)30-33)15-32-26(36)20(25(35)28-27(32)37)14-17-8-10-19(11-9-17)31(2)3/h4-8,10,12-14,34H,9,11,15H2,1-3H3,(H,28,35,37)/b20-14+. The number of nitrogens with one attached hydrogen (secondary N) is 1. The molecule has 0 unspecified atom stereocenters. The highest BCUT2D eigenvalue weighted by Crippen LogP contribution is 2.30. The highest BCUT2D eigenvalue weighted by molar-refractivity contribution is 6.29. The molecule has 10 heteroatoms. The summed E-state index contributed by atoms with van der Waals surface area (Å²) >= 11 is 0. The van der Waals surface area contributed by atoms with Gasteiger partial charge in [-0.05, 0) is 61.3 Å². The Morgan fingerprint density at radius 1 is 1.05 bits per heavy atom. The molecule has 10 nitrogen and oxygen atoms in total. The van der Waals surface area contributed by atoms with E-state index in [4.69, 9.17) is 0 Å². The van der Waals surface area contributed by atoms with Gasteiger partial charge in [-0.3, -0.25) is 19.8 Å². The molecule has 188 valence electrons. The molecular formula is C27H26N6O4. The Labute approximate surface area is 213 Å². The fourth-order valence-corrected chi connectivity index (χ4v) is 4.40. The molecule has 5 rings (SSSR count). The van der Waals surface area contributed by atoms with E-state index in [1.54, 1.807) is 12.1 Å². The van der Waals surface area contributed by atoms with Crippen LogP contribution < -0.4 is 5.32 Å². The second-order valence-corrected chi connectivity index (χ2v) is 9.27. The molecule has 2 N–H and O–H groups in total. The molecule has 0 bridgehead atoms. The molecule has 1 saturated heterocycles. The Morgan fingerprint density at radius 3 is 2.38 bits per heavy atom. The topological polar surface area (TPSA) is 121 Å². The third-order valence-corrected chi connectivity index (χ3v) is 6.39. The van der Waals surface area contributed by atoms with E-state index >= 15 is 0 Å². The highest BCUT2D eigenvalue weighted by atomic mass is 16.3. The molecule has 1 aromatic heterocycles. The monoisotopic (exact) mass is 498 g/mol. The first-order valence-electron chi connectivity index (χ1n) is 11.8. The number of carbonyl (C=O) groups excluding carboxylic acids is 3. The van der Waals surface area contributed by atoms with Gasteiger partial charge in [0.25, 0.3) is 11.8 Å². The molecule has 1 fully saturated rings. The van der Waals surface area contributed by atoms with Gasteiger partial charge in [-0.1, -0.05) is 24.3 Å². The van der Waals surface area contributed by atoms with Crippen molar-refractivity contribution in [2.45, 2.75) is 26.3 Å². The van der Waals surface area contributed by atoms with Crippen molar-refractivity contribution in [2.24, 2.45) is 0 Å². The number of rotatable bonds is 5. The number of aromatic nitrogens is 3. The van der Waals surface area contributed by atoms with Crippen molar-refractivity contribution in [1.29, 1.82) is 0 Å². The summed E-state index contributed by atoms with van der Waals surface area (Å²) < 4.78 is 0. The Hall–Kier alpha value is -4.73. The number of imide groups is 2. The lowest BCUT2D eigenvalue weighted by Crippen LogP contribution is -2.53. The van der Waals surface area contributed by atoms with Crippen molar-refractivity contribution in [2.75, 3.05) is 14.1 Å². The van der Waals surface area contributed by atoms with Gasteiger partial charge in [0.05, 0.1) is 6.54 Å². The second kappa shape index (κ2) is 9.38. The average molecular weight is 499 g/mol. The minimum Gasteiger partial charge on any atom is -0.505 e. The molecule has 0 saturated carbocycles. The van der Waals surface area contributed by atoms with E-state index in [0.29, 0.717) is 28.7 Å². The Kier molecular flexibility index (Phi) is 6.08. The zero-order chi connectivity index (χ0) is 26.3. The first kappa shape index (κ1) is 24.0. The van der Waals surface area contributed by atoms with E-state index in [1.807, 2.05) is 62.3 Å². The smallest absolute Gasteiger partial charge is 0.331 e. The molecule has 1 aliphatic heterocycles. The molecule has 37 heavy (non-hydrogen) atoms. The summed E-state index contributed by atoms with van der Waals surface area (Å²) in [5.74, 6) is -1.62. The zero-order valence-corrected chi connectivity index (χ0v) is 20.7. The summed E-state index contributed by atoms with van der Waals surface area (Å²) in [6, 6.07) is 9.87. The average Bonchev–Trinajstić information content (AvgIpc) is 3.30. The SMILES string of the molecule is Cc1cc(CN2C(=O)NC(=O)/C(=C\C3=CC=C(N(C)C)CC3)C2=O)c(O)c(-n2nc3ccccc3n2)c1. The normalized spacial score (nSPS) is 17.2. The van der Waals surface area contributed by atoms with Crippen LogP contribution in [0.5, 0.6) is 5.75 Å². The van der Waals surface area contributed by atoms with E-state index in [1.165, 1.54) is 10.9 Å². The number of aromatic hydroxyl groups is 1. The minimum atomic E-state index is -0.843. The maximum Gasteiger partial charge on any atom is 0.331 e. The van der Waals surface area contributed by atoms with Crippen LogP contribution in [0.15, 0.2) is 71.5 Å². The lowest BCUT2D eigenvalue weighted by atomic mass is 9.98. The Morgan fingerprint density at radius 2 is 1.76 bits per heavy atom. The summed E-state index contributed by atoms with van der Waals surface area (Å²) in [5, 5.41) is 22.2. The lowest BCUT2D eigenvalue weighted by Gasteiger charge is -2.27. The number of nitrogens with zero attached hydrogens (tertiary/aromatic N) is 5. The summed E-state index contributed by atoms with van der Waals surface area (Å²) in [4.78, 5) is 42.7. The van der Waals surface area contributed by atoms with E-state index < -0.39 is 17.8 Å². The number of fused-ring (bicyclic) bond motifs is 1.